The number of benzene rings is 2. The molecule has 8 nitrogen and oxygen atoms in total. The van der Waals surface area contributed by atoms with Crippen LogP contribution in [0.3, 0.4) is 0 Å². The molecule has 1 saturated carbocycles. The second kappa shape index (κ2) is 12.6. The first-order chi connectivity index (χ1) is 16.0. The summed E-state index contributed by atoms with van der Waals surface area (Å²) in [6, 6.07) is 14.0. The van der Waals surface area contributed by atoms with E-state index in [0.29, 0.717) is 16.3 Å². The molecule has 0 radical (unpaired) electrons. The number of nitrogens with one attached hydrogen (secondary N) is 3. The molecule has 1 aliphatic carbocycles. The molecule has 0 aromatic heterocycles. The van der Waals surface area contributed by atoms with Gasteiger partial charge in [0.25, 0.3) is 5.91 Å². The summed E-state index contributed by atoms with van der Waals surface area (Å²) >= 11 is 5.81. The van der Waals surface area contributed by atoms with Crippen LogP contribution in [0.4, 0.5) is 0 Å². The van der Waals surface area contributed by atoms with E-state index in [1.54, 1.807) is 48.5 Å². The topological polar surface area (TPSA) is 109 Å². The van der Waals surface area contributed by atoms with E-state index in [-0.39, 0.29) is 25.1 Å². The minimum absolute atomic E-state index is 0.0366. The summed E-state index contributed by atoms with van der Waals surface area (Å²) in [7, 11) is 0. The third kappa shape index (κ3) is 8.57. The van der Waals surface area contributed by atoms with E-state index in [2.05, 4.69) is 21.2 Å². The van der Waals surface area contributed by atoms with Crippen LogP contribution in [0.5, 0.6) is 5.75 Å². The van der Waals surface area contributed by atoms with Gasteiger partial charge in [-0.1, -0.05) is 43.0 Å². The molecule has 0 saturated heterocycles. The summed E-state index contributed by atoms with van der Waals surface area (Å²) in [6.07, 6.45) is 7.01. The van der Waals surface area contributed by atoms with E-state index >= 15 is 0 Å². The van der Waals surface area contributed by atoms with Crippen LogP contribution in [-0.4, -0.2) is 36.6 Å². The normalized spacial score (nSPS) is 14.0. The summed E-state index contributed by atoms with van der Waals surface area (Å²) < 4.78 is 5.52. The van der Waals surface area contributed by atoms with Gasteiger partial charge >= 0.3 is 11.8 Å². The maximum Gasteiger partial charge on any atom is 0.329 e. The van der Waals surface area contributed by atoms with Gasteiger partial charge in [-0.05, 0) is 60.4 Å². The lowest BCUT2D eigenvalue weighted by atomic mass is 9.95. The van der Waals surface area contributed by atoms with Crippen molar-refractivity contribution in [2.24, 2.45) is 5.10 Å². The molecule has 9 heteroatoms. The van der Waals surface area contributed by atoms with Crippen molar-refractivity contribution in [3.8, 4) is 5.75 Å². The zero-order valence-corrected chi connectivity index (χ0v) is 18.9. The molecule has 0 bridgehead atoms. The first kappa shape index (κ1) is 24.3. The number of carbonyl (C=O) groups excluding carboxylic acids is 3. The van der Waals surface area contributed by atoms with Crippen LogP contribution in [0, 0.1) is 0 Å². The molecule has 0 atom stereocenters. The highest BCUT2D eigenvalue weighted by atomic mass is 35.5. The molecule has 3 N–H and O–H groups in total. The van der Waals surface area contributed by atoms with E-state index in [0.717, 1.165) is 31.2 Å². The minimum atomic E-state index is -0.871. The molecule has 174 valence electrons. The van der Waals surface area contributed by atoms with Crippen molar-refractivity contribution < 1.29 is 19.1 Å². The average molecular weight is 471 g/mol. The Kier molecular flexibility index (Phi) is 9.26. The molecule has 3 rings (SSSR count). The van der Waals surface area contributed by atoms with Gasteiger partial charge in [0.15, 0.2) is 6.61 Å². The van der Waals surface area contributed by atoms with Crippen LogP contribution in [0.25, 0.3) is 0 Å². The smallest absolute Gasteiger partial charge is 0.329 e. The van der Waals surface area contributed by atoms with E-state index in [4.69, 9.17) is 16.3 Å². The van der Waals surface area contributed by atoms with Crippen molar-refractivity contribution in [3.63, 3.8) is 0 Å². The Morgan fingerprint density at radius 1 is 0.970 bits per heavy atom. The average Bonchev–Trinajstić information content (AvgIpc) is 2.83. The van der Waals surface area contributed by atoms with E-state index in [1.165, 1.54) is 12.6 Å². The van der Waals surface area contributed by atoms with Gasteiger partial charge in [-0.3, -0.25) is 14.4 Å². The highest BCUT2D eigenvalue weighted by Gasteiger charge is 2.16. The fourth-order valence-electron chi connectivity index (χ4n) is 3.40. The molecular weight excluding hydrogens is 444 g/mol. The van der Waals surface area contributed by atoms with Crippen LogP contribution < -0.4 is 20.8 Å². The number of rotatable bonds is 8. The fraction of sp³-hybridized carbons (Fsp3) is 0.333. The monoisotopic (exact) mass is 470 g/mol. The lowest BCUT2D eigenvalue weighted by molar-refractivity contribution is -0.139. The minimum Gasteiger partial charge on any atom is -0.484 e. The molecule has 33 heavy (non-hydrogen) atoms. The summed E-state index contributed by atoms with van der Waals surface area (Å²) in [6.45, 7) is 0.165. The molecule has 0 unspecified atom stereocenters. The molecular formula is C24H27ClN4O4. The number of amides is 3. The summed E-state index contributed by atoms with van der Waals surface area (Å²) in [5.41, 5.74) is 3.69. The standard InChI is InChI=1S/C24H27ClN4O4/c25-19-10-6-17(7-11-19)14-26-23(31)24(32)29-27-15-18-8-12-21(13-9-18)33-16-22(30)28-20-4-2-1-3-5-20/h6-13,15,20H,1-5,14,16H2,(H,26,31)(H,28,30)(H,29,32)/b27-15-. The Hall–Kier alpha value is -3.39. The molecule has 0 aliphatic heterocycles. The van der Waals surface area contributed by atoms with Gasteiger partial charge in [0.1, 0.15) is 5.75 Å². The number of hydrogen-bond acceptors (Lipinski definition) is 5. The zero-order valence-electron chi connectivity index (χ0n) is 18.2. The fourth-order valence-corrected chi connectivity index (χ4v) is 3.52. The number of carbonyl (C=O) groups is 3. The van der Waals surface area contributed by atoms with Gasteiger partial charge in [-0.25, -0.2) is 5.43 Å². The van der Waals surface area contributed by atoms with Crippen molar-refractivity contribution in [1.82, 2.24) is 16.1 Å². The van der Waals surface area contributed by atoms with Gasteiger partial charge in [0.05, 0.1) is 6.21 Å². The van der Waals surface area contributed by atoms with Crippen LogP contribution in [0.15, 0.2) is 53.6 Å². The van der Waals surface area contributed by atoms with Crippen LogP contribution in [-0.2, 0) is 20.9 Å². The molecule has 1 aliphatic rings. The number of hydrogen-bond donors (Lipinski definition) is 3. The van der Waals surface area contributed by atoms with Crippen molar-refractivity contribution in [2.45, 2.75) is 44.7 Å². The molecule has 1 fully saturated rings. The van der Waals surface area contributed by atoms with Gasteiger partial charge in [0, 0.05) is 17.6 Å². The lowest BCUT2D eigenvalue weighted by Crippen LogP contribution is -2.38. The number of halogens is 1. The zero-order chi connectivity index (χ0) is 23.5. The molecule has 2 aromatic rings. The van der Waals surface area contributed by atoms with Crippen LogP contribution >= 0.6 is 11.6 Å². The highest BCUT2D eigenvalue weighted by Crippen LogP contribution is 2.17. The van der Waals surface area contributed by atoms with Crippen molar-refractivity contribution in [1.29, 1.82) is 0 Å². The third-order valence-corrected chi connectivity index (χ3v) is 5.42. The van der Waals surface area contributed by atoms with Gasteiger partial charge < -0.3 is 15.4 Å². The van der Waals surface area contributed by atoms with Gasteiger partial charge in [-0.2, -0.15) is 5.10 Å². The number of ether oxygens (including phenoxy) is 1. The van der Waals surface area contributed by atoms with E-state index in [9.17, 15) is 14.4 Å². The SMILES string of the molecule is O=C(COc1ccc(/C=N\NC(=O)C(=O)NCc2ccc(Cl)cc2)cc1)NC1CCCCC1. The number of hydrazone groups is 1. The van der Waals surface area contributed by atoms with E-state index in [1.807, 2.05) is 0 Å². The van der Waals surface area contributed by atoms with Crippen LogP contribution in [0.1, 0.15) is 43.2 Å². The lowest BCUT2D eigenvalue weighted by Gasteiger charge is -2.22. The summed E-state index contributed by atoms with van der Waals surface area (Å²) in [4.78, 5) is 35.7. The van der Waals surface area contributed by atoms with Gasteiger partial charge in [-0.15, -0.1) is 0 Å². The van der Waals surface area contributed by atoms with Gasteiger partial charge in [0.2, 0.25) is 0 Å². The predicted molar refractivity (Wildman–Crippen MR) is 126 cm³/mol. The Labute approximate surface area is 197 Å². The maximum atomic E-state index is 12.0. The Balaban J connectivity index is 1.36. The largest absolute Gasteiger partial charge is 0.484 e. The van der Waals surface area contributed by atoms with E-state index < -0.39 is 11.8 Å². The predicted octanol–water partition coefficient (Wildman–Crippen LogP) is 2.93. The maximum absolute atomic E-state index is 12.0. The summed E-state index contributed by atoms with van der Waals surface area (Å²) in [5.74, 6) is -1.23. The second-order valence-corrected chi connectivity index (χ2v) is 8.20. The third-order valence-electron chi connectivity index (χ3n) is 5.17. The van der Waals surface area contributed by atoms with Crippen molar-refractivity contribution in [3.05, 3.63) is 64.7 Å². The molecule has 0 heterocycles. The Morgan fingerprint density at radius 2 is 1.67 bits per heavy atom. The second-order valence-electron chi connectivity index (χ2n) is 7.77. The Morgan fingerprint density at radius 3 is 2.36 bits per heavy atom. The van der Waals surface area contributed by atoms with Crippen LogP contribution in [0.2, 0.25) is 5.02 Å². The number of nitrogens with zero attached hydrogens (tertiary/aromatic N) is 1. The highest BCUT2D eigenvalue weighted by molar-refractivity contribution is 6.35. The Bertz CT molecular complexity index is 971. The molecule has 3 amide bonds. The van der Waals surface area contributed by atoms with Crippen molar-refractivity contribution >= 4 is 35.5 Å². The van der Waals surface area contributed by atoms with Crippen molar-refractivity contribution in [2.75, 3.05) is 6.61 Å². The quantitative estimate of drug-likeness (QED) is 0.313. The molecule has 0 spiro atoms. The first-order valence-electron chi connectivity index (χ1n) is 10.9. The molecule has 2 aromatic carbocycles. The first-order valence-corrected chi connectivity index (χ1v) is 11.3. The summed E-state index contributed by atoms with van der Waals surface area (Å²) in [5, 5.41) is 9.90.